The largest absolute Gasteiger partial charge is 0.309 e. The molecule has 3 aromatic heterocycles. The maximum Gasteiger partial charge on any atom is 0.165 e. The summed E-state index contributed by atoms with van der Waals surface area (Å²) in [6.07, 6.45) is 0. The van der Waals surface area contributed by atoms with E-state index in [1.165, 1.54) is 58.1 Å². The van der Waals surface area contributed by atoms with Crippen LogP contribution in [0.3, 0.4) is 0 Å². The van der Waals surface area contributed by atoms with Gasteiger partial charge in [0.15, 0.2) is 17.5 Å². The van der Waals surface area contributed by atoms with Crippen LogP contribution in [0.5, 0.6) is 0 Å². The molecule has 0 atom stereocenters. The molecule has 0 bridgehead atoms. The number of nitrogens with zero attached hydrogens (tertiary/aromatic N) is 4. The molecular formula is C55H32N4S. The molecule has 0 saturated carbocycles. The highest BCUT2D eigenvalue weighted by Crippen LogP contribution is 2.46. The van der Waals surface area contributed by atoms with Gasteiger partial charge >= 0.3 is 0 Å². The zero-order valence-electron chi connectivity index (χ0n) is 32.2. The molecule has 5 heteroatoms. The van der Waals surface area contributed by atoms with E-state index in [9.17, 15) is 0 Å². The highest BCUT2D eigenvalue weighted by molar-refractivity contribution is 7.26. The van der Waals surface area contributed by atoms with Crippen molar-refractivity contribution in [2.45, 2.75) is 0 Å². The second-order valence-corrected chi connectivity index (χ2v) is 16.7. The molecule has 0 aliphatic carbocycles. The lowest BCUT2D eigenvalue weighted by Crippen LogP contribution is -2.01. The molecule has 0 N–H and O–H groups in total. The van der Waals surface area contributed by atoms with Gasteiger partial charge in [0, 0.05) is 53.3 Å². The fourth-order valence-corrected chi connectivity index (χ4v) is 10.5. The first-order chi connectivity index (χ1) is 29.7. The van der Waals surface area contributed by atoms with Gasteiger partial charge in [-0.05, 0) is 91.6 Å². The van der Waals surface area contributed by atoms with Gasteiger partial charge < -0.3 is 4.57 Å². The van der Waals surface area contributed by atoms with Crippen molar-refractivity contribution in [1.82, 2.24) is 19.5 Å². The van der Waals surface area contributed by atoms with E-state index in [4.69, 9.17) is 15.0 Å². The van der Waals surface area contributed by atoms with Gasteiger partial charge in [-0.1, -0.05) is 146 Å². The minimum absolute atomic E-state index is 0.648. The van der Waals surface area contributed by atoms with Gasteiger partial charge in [-0.25, -0.2) is 15.0 Å². The molecular weight excluding hydrogens is 749 g/mol. The molecule has 0 aliphatic rings. The van der Waals surface area contributed by atoms with Gasteiger partial charge in [0.05, 0.1) is 11.0 Å². The van der Waals surface area contributed by atoms with E-state index in [2.05, 4.69) is 180 Å². The molecule has 13 aromatic rings. The molecule has 13 rings (SSSR count). The topological polar surface area (TPSA) is 43.6 Å². The minimum Gasteiger partial charge on any atom is -0.309 e. The summed E-state index contributed by atoms with van der Waals surface area (Å²) >= 11 is 1.82. The zero-order chi connectivity index (χ0) is 39.3. The summed E-state index contributed by atoms with van der Waals surface area (Å²) in [6, 6.07) is 69.8. The molecule has 0 saturated heterocycles. The van der Waals surface area contributed by atoms with Crippen molar-refractivity contribution in [3.05, 3.63) is 194 Å². The Morgan fingerprint density at radius 1 is 0.350 bits per heavy atom. The van der Waals surface area contributed by atoms with Crippen LogP contribution >= 0.6 is 11.3 Å². The van der Waals surface area contributed by atoms with Crippen LogP contribution in [0.15, 0.2) is 194 Å². The Kier molecular flexibility index (Phi) is 7.14. The fourth-order valence-electron chi connectivity index (χ4n) is 9.37. The average Bonchev–Trinajstić information content (AvgIpc) is 3.82. The third-order valence-corrected chi connectivity index (χ3v) is 13.3. The third-order valence-electron chi connectivity index (χ3n) is 12.1. The van der Waals surface area contributed by atoms with Gasteiger partial charge in [-0.3, -0.25) is 0 Å². The second kappa shape index (κ2) is 12.9. The van der Waals surface area contributed by atoms with Crippen molar-refractivity contribution in [1.29, 1.82) is 0 Å². The van der Waals surface area contributed by atoms with E-state index in [0.717, 1.165) is 49.3 Å². The summed E-state index contributed by atoms with van der Waals surface area (Å²) < 4.78 is 4.87. The Hall–Kier alpha value is -7.73. The SMILES string of the molecule is c1ccc(-c2nc(-c3cccc4ccccc34)nc(-c3c4ccccc4cc4sc5ccc(-n6c7cc8ccccc8cc7c7cc8ccccc8cc76)cc5c34)n2)cc1. The van der Waals surface area contributed by atoms with E-state index in [1.54, 1.807) is 0 Å². The number of benzene rings is 10. The Morgan fingerprint density at radius 2 is 0.917 bits per heavy atom. The Bertz CT molecular complexity index is 3800. The number of aromatic nitrogens is 4. The molecule has 0 aliphatic heterocycles. The van der Waals surface area contributed by atoms with Gasteiger partial charge in [0.1, 0.15) is 0 Å². The van der Waals surface area contributed by atoms with Crippen LogP contribution in [-0.4, -0.2) is 19.5 Å². The van der Waals surface area contributed by atoms with E-state index in [1.807, 2.05) is 29.5 Å². The first kappa shape index (κ1) is 33.3. The van der Waals surface area contributed by atoms with E-state index in [0.29, 0.717) is 17.5 Å². The maximum atomic E-state index is 5.43. The summed E-state index contributed by atoms with van der Waals surface area (Å²) in [7, 11) is 0. The number of thiophene rings is 1. The lowest BCUT2D eigenvalue weighted by molar-refractivity contribution is 1.08. The number of fused-ring (bicyclic) bond motifs is 10. The van der Waals surface area contributed by atoms with Crippen molar-refractivity contribution in [2.24, 2.45) is 0 Å². The number of hydrogen-bond acceptors (Lipinski definition) is 4. The Morgan fingerprint density at radius 3 is 1.63 bits per heavy atom. The normalized spacial score (nSPS) is 12.0. The van der Waals surface area contributed by atoms with Crippen LogP contribution < -0.4 is 0 Å². The lowest BCUT2D eigenvalue weighted by atomic mass is 9.97. The van der Waals surface area contributed by atoms with Crippen molar-refractivity contribution in [3.63, 3.8) is 0 Å². The third kappa shape index (κ3) is 5.06. The number of hydrogen-bond donors (Lipinski definition) is 0. The van der Waals surface area contributed by atoms with Crippen molar-refractivity contribution >= 4 is 96.4 Å². The molecule has 0 unspecified atom stereocenters. The van der Waals surface area contributed by atoms with E-state index in [-0.39, 0.29) is 0 Å². The summed E-state index contributed by atoms with van der Waals surface area (Å²) in [5.74, 6) is 1.96. The lowest BCUT2D eigenvalue weighted by Gasteiger charge is -2.13. The van der Waals surface area contributed by atoms with Gasteiger partial charge in [-0.2, -0.15) is 0 Å². The molecule has 0 amide bonds. The molecule has 0 radical (unpaired) electrons. The van der Waals surface area contributed by atoms with Crippen LogP contribution in [-0.2, 0) is 0 Å². The van der Waals surface area contributed by atoms with E-state index >= 15 is 0 Å². The summed E-state index contributed by atoms with van der Waals surface area (Å²) in [4.78, 5) is 16.0. The van der Waals surface area contributed by atoms with Crippen LogP contribution in [0.4, 0.5) is 0 Å². The van der Waals surface area contributed by atoms with Gasteiger partial charge in [0.25, 0.3) is 0 Å². The number of rotatable bonds is 4. The van der Waals surface area contributed by atoms with Gasteiger partial charge in [0.2, 0.25) is 0 Å². The quantitative estimate of drug-likeness (QED) is 0.179. The molecule has 3 heterocycles. The van der Waals surface area contributed by atoms with Crippen molar-refractivity contribution < 1.29 is 0 Å². The smallest absolute Gasteiger partial charge is 0.165 e. The first-order valence-corrected chi connectivity index (χ1v) is 21.1. The molecule has 4 nitrogen and oxygen atoms in total. The van der Waals surface area contributed by atoms with Crippen LogP contribution in [0, 0.1) is 0 Å². The van der Waals surface area contributed by atoms with Crippen molar-refractivity contribution in [2.75, 3.05) is 0 Å². The minimum atomic E-state index is 0.648. The predicted octanol–water partition coefficient (Wildman–Crippen LogP) is 15.0. The first-order valence-electron chi connectivity index (χ1n) is 20.3. The standard InChI is InChI=1S/C55H32N4S/c1-2-14-34(15-3-1)53-56-54(43-24-12-21-33-13-8-10-22-41(33)43)58-55(57-53)52-42-23-11-9-20-39(42)31-50-51(52)46-32-40(25-26-49(46)60-50)59-47-29-37-18-6-4-16-35(37)27-44(47)45-28-36-17-5-7-19-38(36)30-48(45)59/h1-32H. The highest BCUT2D eigenvalue weighted by atomic mass is 32.1. The monoisotopic (exact) mass is 780 g/mol. The maximum absolute atomic E-state index is 5.43. The fraction of sp³-hybridized carbons (Fsp3) is 0. The predicted molar refractivity (Wildman–Crippen MR) is 253 cm³/mol. The van der Waals surface area contributed by atoms with Crippen LogP contribution in [0.2, 0.25) is 0 Å². The summed E-state index contributed by atoms with van der Waals surface area (Å²) in [5.41, 5.74) is 6.44. The highest BCUT2D eigenvalue weighted by Gasteiger charge is 2.22. The van der Waals surface area contributed by atoms with E-state index < -0.39 is 0 Å². The zero-order valence-corrected chi connectivity index (χ0v) is 33.0. The molecule has 0 spiro atoms. The average molecular weight is 781 g/mol. The summed E-state index contributed by atoms with van der Waals surface area (Å²) in [6.45, 7) is 0. The summed E-state index contributed by atoms with van der Waals surface area (Å²) in [5, 5.41) is 14.3. The van der Waals surface area contributed by atoms with Gasteiger partial charge in [-0.15, -0.1) is 11.3 Å². The van der Waals surface area contributed by atoms with Crippen LogP contribution in [0.1, 0.15) is 0 Å². The second-order valence-electron chi connectivity index (χ2n) is 15.6. The Labute approximate surface area is 348 Å². The molecule has 278 valence electrons. The molecule has 0 fully saturated rings. The molecule has 60 heavy (non-hydrogen) atoms. The van der Waals surface area contributed by atoms with Crippen LogP contribution in [0.25, 0.3) is 125 Å². The Balaban J connectivity index is 1.13. The van der Waals surface area contributed by atoms with Crippen molar-refractivity contribution in [3.8, 4) is 39.9 Å². The molecule has 10 aromatic carbocycles.